The minimum Gasteiger partial charge on any atom is -0.346 e. The van der Waals surface area contributed by atoms with Crippen LogP contribution in [0.25, 0.3) is 5.69 Å². The van der Waals surface area contributed by atoms with Gasteiger partial charge in [-0.2, -0.15) is 5.10 Å². The van der Waals surface area contributed by atoms with E-state index < -0.39 is 0 Å². The van der Waals surface area contributed by atoms with Crippen molar-refractivity contribution in [1.82, 2.24) is 25.1 Å². The summed E-state index contributed by atoms with van der Waals surface area (Å²) in [5.74, 6) is 1.55. The summed E-state index contributed by atoms with van der Waals surface area (Å²) >= 11 is 0. The molecule has 0 aliphatic rings. The molecule has 0 saturated carbocycles. The summed E-state index contributed by atoms with van der Waals surface area (Å²) in [6.45, 7) is 9.39. The van der Waals surface area contributed by atoms with Crippen molar-refractivity contribution in [3.05, 3.63) is 35.7 Å². The van der Waals surface area contributed by atoms with Crippen LogP contribution in [0.3, 0.4) is 0 Å². The summed E-state index contributed by atoms with van der Waals surface area (Å²) in [6.07, 6.45) is 1.74. The Morgan fingerprint density at radius 1 is 1.33 bits per heavy atom. The van der Waals surface area contributed by atoms with E-state index in [0.29, 0.717) is 5.82 Å². The van der Waals surface area contributed by atoms with Gasteiger partial charge in [0, 0.05) is 18.8 Å². The molecule has 0 saturated heterocycles. The molecule has 0 aliphatic carbocycles. The fourth-order valence-electron chi connectivity index (χ4n) is 2.23. The molecule has 2 heterocycles. The Balaban J connectivity index is 2.51. The molecule has 0 spiro atoms. The second-order valence-corrected chi connectivity index (χ2v) is 5.51. The number of hydrogen-bond acceptors (Lipinski definition) is 4. The van der Waals surface area contributed by atoms with Crippen molar-refractivity contribution in [1.29, 1.82) is 0 Å². The lowest BCUT2D eigenvalue weighted by Crippen LogP contribution is -2.32. The van der Waals surface area contributed by atoms with Gasteiger partial charge in [0.25, 0.3) is 0 Å². The third kappa shape index (κ3) is 3.45. The molecule has 0 radical (unpaired) electrons. The third-order valence-corrected chi connectivity index (χ3v) is 3.17. The maximum absolute atomic E-state index is 11.5. The van der Waals surface area contributed by atoms with Crippen LogP contribution in [0.4, 0.5) is 0 Å². The number of nitrogens with zero attached hydrogens (tertiary/aromatic N) is 4. The molecular weight excluding hydrogens is 266 g/mol. The molecule has 1 atom stereocenters. The molecule has 6 heteroatoms. The van der Waals surface area contributed by atoms with Crippen LogP contribution in [0.5, 0.6) is 0 Å². The number of hydrogen-bond donors (Lipinski definition) is 1. The topological polar surface area (TPSA) is 72.7 Å². The van der Waals surface area contributed by atoms with Crippen LogP contribution in [0.1, 0.15) is 44.2 Å². The second kappa shape index (κ2) is 6.03. The quantitative estimate of drug-likeness (QED) is 0.934. The molecule has 0 fully saturated rings. The highest BCUT2D eigenvalue weighted by atomic mass is 16.1. The van der Waals surface area contributed by atoms with E-state index in [9.17, 15) is 4.79 Å². The first-order chi connectivity index (χ1) is 9.88. The molecule has 1 N–H and O–H groups in total. The predicted octanol–water partition coefficient (Wildman–Crippen LogP) is 2.11. The van der Waals surface area contributed by atoms with E-state index in [-0.39, 0.29) is 17.9 Å². The zero-order valence-corrected chi connectivity index (χ0v) is 13.1. The Morgan fingerprint density at radius 3 is 2.62 bits per heavy atom. The van der Waals surface area contributed by atoms with Crippen LogP contribution in [0, 0.1) is 19.8 Å². The Kier molecular flexibility index (Phi) is 4.35. The SMILES string of the molecule is CC(=O)N[C@H](c1nc(C)nn1-c1ccnc(C)c1)C(C)C. The number of nitrogens with one attached hydrogen (secondary N) is 1. The summed E-state index contributed by atoms with van der Waals surface area (Å²) in [5.41, 5.74) is 1.81. The van der Waals surface area contributed by atoms with Crippen molar-refractivity contribution in [2.75, 3.05) is 0 Å². The summed E-state index contributed by atoms with van der Waals surface area (Å²) in [5, 5.41) is 7.41. The van der Waals surface area contributed by atoms with Crippen molar-refractivity contribution < 1.29 is 4.79 Å². The van der Waals surface area contributed by atoms with E-state index in [2.05, 4.69) is 20.4 Å². The van der Waals surface area contributed by atoms with Gasteiger partial charge in [0.1, 0.15) is 5.82 Å². The molecule has 0 aromatic carbocycles. The first-order valence-corrected chi connectivity index (χ1v) is 7.02. The Bertz CT molecular complexity index is 647. The number of aromatic nitrogens is 4. The number of pyridine rings is 1. The summed E-state index contributed by atoms with van der Waals surface area (Å²) < 4.78 is 1.78. The summed E-state index contributed by atoms with van der Waals surface area (Å²) in [4.78, 5) is 20.2. The molecule has 0 aliphatic heterocycles. The Hall–Kier alpha value is -2.24. The molecule has 0 unspecified atom stereocenters. The molecule has 2 aromatic heterocycles. The van der Waals surface area contributed by atoms with Gasteiger partial charge in [0.15, 0.2) is 5.82 Å². The average Bonchev–Trinajstić information content (AvgIpc) is 2.77. The lowest BCUT2D eigenvalue weighted by Gasteiger charge is -2.21. The monoisotopic (exact) mass is 287 g/mol. The lowest BCUT2D eigenvalue weighted by molar-refractivity contribution is -0.120. The van der Waals surface area contributed by atoms with Gasteiger partial charge in [-0.15, -0.1) is 0 Å². The first-order valence-electron chi connectivity index (χ1n) is 7.02. The van der Waals surface area contributed by atoms with Gasteiger partial charge in [-0.25, -0.2) is 9.67 Å². The normalized spacial score (nSPS) is 12.5. The highest BCUT2D eigenvalue weighted by Crippen LogP contribution is 2.23. The highest BCUT2D eigenvalue weighted by molar-refractivity contribution is 5.73. The van der Waals surface area contributed by atoms with Gasteiger partial charge in [0.2, 0.25) is 5.91 Å². The summed E-state index contributed by atoms with van der Waals surface area (Å²) in [6, 6.07) is 3.65. The van der Waals surface area contributed by atoms with Crippen LogP contribution < -0.4 is 5.32 Å². The van der Waals surface area contributed by atoms with Crippen LogP contribution >= 0.6 is 0 Å². The Labute approximate surface area is 124 Å². The molecule has 2 aromatic rings. The highest BCUT2D eigenvalue weighted by Gasteiger charge is 2.24. The number of carbonyl (C=O) groups excluding carboxylic acids is 1. The van der Waals surface area contributed by atoms with Gasteiger partial charge in [-0.1, -0.05) is 13.8 Å². The molecular formula is C15H21N5O. The minimum absolute atomic E-state index is 0.0770. The van der Waals surface area contributed by atoms with Crippen molar-refractivity contribution >= 4 is 5.91 Å². The van der Waals surface area contributed by atoms with Gasteiger partial charge in [-0.3, -0.25) is 9.78 Å². The fourth-order valence-corrected chi connectivity index (χ4v) is 2.23. The second-order valence-electron chi connectivity index (χ2n) is 5.51. The van der Waals surface area contributed by atoms with Crippen molar-refractivity contribution in [3.63, 3.8) is 0 Å². The Morgan fingerprint density at radius 2 is 2.05 bits per heavy atom. The van der Waals surface area contributed by atoms with Gasteiger partial charge < -0.3 is 5.32 Å². The zero-order valence-electron chi connectivity index (χ0n) is 13.1. The van der Waals surface area contributed by atoms with Gasteiger partial charge in [0.05, 0.1) is 11.7 Å². The smallest absolute Gasteiger partial charge is 0.217 e. The molecule has 2 rings (SSSR count). The maximum atomic E-state index is 11.5. The van der Waals surface area contributed by atoms with Gasteiger partial charge in [-0.05, 0) is 31.9 Å². The van der Waals surface area contributed by atoms with Gasteiger partial charge >= 0.3 is 0 Å². The van der Waals surface area contributed by atoms with Crippen LogP contribution in [0.2, 0.25) is 0 Å². The fraction of sp³-hybridized carbons (Fsp3) is 0.467. The van der Waals surface area contributed by atoms with Crippen molar-refractivity contribution in [3.8, 4) is 5.69 Å². The van der Waals surface area contributed by atoms with Crippen molar-refractivity contribution in [2.45, 2.75) is 40.7 Å². The standard InChI is InChI=1S/C15H21N5O/c1-9(2)14(18-12(5)21)15-17-11(4)19-20(15)13-6-7-16-10(3)8-13/h6-9,14H,1-5H3,(H,18,21)/t14-/m0/s1. The number of rotatable bonds is 4. The summed E-state index contributed by atoms with van der Waals surface area (Å²) in [7, 11) is 0. The van der Waals surface area contributed by atoms with E-state index in [1.165, 1.54) is 6.92 Å². The molecule has 112 valence electrons. The van der Waals surface area contributed by atoms with E-state index in [1.807, 2.05) is 39.8 Å². The largest absolute Gasteiger partial charge is 0.346 e. The minimum atomic E-state index is -0.183. The predicted molar refractivity (Wildman–Crippen MR) is 80.0 cm³/mol. The number of carbonyl (C=O) groups is 1. The number of amides is 1. The number of aryl methyl sites for hydroxylation is 2. The molecule has 0 bridgehead atoms. The van der Waals surface area contributed by atoms with Crippen LogP contribution in [0.15, 0.2) is 18.3 Å². The van der Waals surface area contributed by atoms with E-state index in [1.54, 1.807) is 10.9 Å². The van der Waals surface area contributed by atoms with Crippen LogP contribution in [-0.2, 0) is 4.79 Å². The van der Waals surface area contributed by atoms with Crippen molar-refractivity contribution in [2.24, 2.45) is 5.92 Å². The van der Waals surface area contributed by atoms with E-state index in [4.69, 9.17) is 0 Å². The lowest BCUT2D eigenvalue weighted by atomic mass is 10.0. The van der Waals surface area contributed by atoms with Crippen LogP contribution in [-0.4, -0.2) is 25.7 Å². The van der Waals surface area contributed by atoms with E-state index in [0.717, 1.165) is 17.2 Å². The first kappa shape index (κ1) is 15.2. The molecule has 6 nitrogen and oxygen atoms in total. The maximum Gasteiger partial charge on any atom is 0.217 e. The van der Waals surface area contributed by atoms with E-state index >= 15 is 0 Å². The zero-order chi connectivity index (χ0) is 15.6. The third-order valence-electron chi connectivity index (χ3n) is 3.17. The molecule has 21 heavy (non-hydrogen) atoms. The molecule has 1 amide bonds. The average molecular weight is 287 g/mol.